The van der Waals surface area contributed by atoms with Crippen molar-refractivity contribution in [3.8, 4) is 0 Å². The molecular weight excluding hydrogens is 560 g/mol. The van der Waals surface area contributed by atoms with Crippen molar-refractivity contribution >= 4 is 0 Å². The molecule has 4 fully saturated rings. The fourth-order valence-electron chi connectivity index (χ4n) is 6.29. The summed E-state index contributed by atoms with van der Waals surface area (Å²) in [5.74, 6) is -1.91. The lowest BCUT2D eigenvalue weighted by Crippen LogP contribution is -2.70. The van der Waals surface area contributed by atoms with Gasteiger partial charge >= 0.3 is 12.4 Å². The number of fused-ring (bicyclic) bond motifs is 5. The molecule has 1 aromatic rings. The lowest BCUT2D eigenvalue weighted by Gasteiger charge is -2.43. The zero-order valence-electron chi connectivity index (χ0n) is 22.2. The molecule has 5 rings (SSSR count). The highest BCUT2D eigenvalue weighted by atomic mass is 19.4. The summed E-state index contributed by atoms with van der Waals surface area (Å²) in [7, 11) is 0. The van der Waals surface area contributed by atoms with Crippen LogP contribution in [0, 0.1) is 22.0 Å². The van der Waals surface area contributed by atoms with Gasteiger partial charge in [0.2, 0.25) is 11.6 Å². The Kier molecular flexibility index (Phi) is 8.84. The van der Waals surface area contributed by atoms with Crippen LogP contribution < -0.4 is 21.5 Å². The van der Waals surface area contributed by atoms with Gasteiger partial charge in [-0.3, -0.25) is 20.7 Å². The molecule has 3 heterocycles. The summed E-state index contributed by atoms with van der Waals surface area (Å²) in [6.45, 7) is -0.366. The van der Waals surface area contributed by atoms with Crippen molar-refractivity contribution in [3.63, 3.8) is 0 Å². The Morgan fingerprint density at radius 3 is 2.37 bits per heavy atom. The van der Waals surface area contributed by atoms with Crippen molar-refractivity contribution in [1.29, 1.82) is 0 Å². The number of nitro groups is 1. The number of rotatable bonds is 5. The minimum absolute atomic E-state index is 0.131. The molecule has 7 unspecified atom stereocenters. The van der Waals surface area contributed by atoms with Gasteiger partial charge in [0.05, 0.1) is 18.7 Å². The molecule has 4 bridgehead atoms. The largest absolute Gasteiger partial charge is 0.421 e. The van der Waals surface area contributed by atoms with E-state index in [2.05, 4.69) is 21.5 Å². The lowest BCUT2D eigenvalue weighted by molar-refractivity contribution is -0.537. The minimum atomic E-state index is -4.91. The third-order valence-corrected chi connectivity index (χ3v) is 8.73. The van der Waals surface area contributed by atoms with E-state index < -0.39 is 72.3 Å². The third-order valence-electron chi connectivity index (χ3n) is 8.73. The fourth-order valence-corrected chi connectivity index (χ4v) is 6.29. The van der Waals surface area contributed by atoms with E-state index in [1.54, 1.807) is 30.3 Å². The van der Waals surface area contributed by atoms with E-state index in [9.17, 15) is 36.5 Å². The van der Waals surface area contributed by atoms with Crippen LogP contribution in [0.5, 0.6) is 0 Å². The van der Waals surface area contributed by atoms with Gasteiger partial charge in [0.1, 0.15) is 12.3 Å². The second kappa shape index (κ2) is 11.9. The summed E-state index contributed by atoms with van der Waals surface area (Å²) in [4.78, 5) is 11.2. The van der Waals surface area contributed by atoms with Gasteiger partial charge in [-0.15, -0.1) is 0 Å². The normalized spacial score (nSPS) is 37.4. The lowest BCUT2D eigenvalue weighted by atomic mass is 9.85. The first-order valence-corrected chi connectivity index (χ1v) is 14.0. The van der Waals surface area contributed by atoms with Crippen LogP contribution >= 0.6 is 0 Å². The molecule has 15 heteroatoms. The summed E-state index contributed by atoms with van der Waals surface area (Å²) in [5, 5.41) is 17.8. The molecule has 0 spiro atoms. The standard InChI is InChI=1S/C26H35F6N5O4/c27-25(28,29)17-13-19(37(38)39)20-22-35-36-23(41-22)24(26(30,31)32,40-14-15-7-3-1-4-8-15)12-6-2-5-9-18(16-10-11-16)33-21(17)34-20/h1,3-4,7-8,16-23,33-36H,2,5-6,9-14H2/t17?,18?,19?,20?,21?,22?,23?,24-/m1/s1. The number of ether oxygens (including phenoxy) is 2. The highest BCUT2D eigenvalue weighted by Gasteiger charge is 2.65. The Bertz CT molecular complexity index is 1050. The number of alkyl halides is 6. The van der Waals surface area contributed by atoms with Gasteiger partial charge in [0, 0.05) is 17.4 Å². The first-order chi connectivity index (χ1) is 19.4. The summed E-state index contributed by atoms with van der Waals surface area (Å²) < 4.78 is 98.6. The molecule has 8 atom stereocenters. The van der Waals surface area contributed by atoms with Crippen molar-refractivity contribution in [2.45, 2.75) is 113 Å². The molecule has 4 aliphatic rings. The molecule has 3 saturated heterocycles. The topological polar surface area (TPSA) is 110 Å². The van der Waals surface area contributed by atoms with Gasteiger partial charge in [-0.2, -0.15) is 26.3 Å². The fraction of sp³-hybridized carbons (Fsp3) is 0.769. The third kappa shape index (κ3) is 6.64. The Labute approximate surface area is 233 Å². The van der Waals surface area contributed by atoms with Crippen molar-refractivity contribution in [1.82, 2.24) is 21.5 Å². The van der Waals surface area contributed by atoms with Gasteiger partial charge in [-0.05, 0) is 37.2 Å². The van der Waals surface area contributed by atoms with Crippen molar-refractivity contribution in [3.05, 3.63) is 46.0 Å². The van der Waals surface area contributed by atoms with Gasteiger partial charge in [-0.25, -0.2) is 10.9 Å². The molecule has 1 aromatic carbocycles. The zero-order valence-corrected chi connectivity index (χ0v) is 22.2. The van der Waals surface area contributed by atoms with E-state index in [1.165, 1.54) is 0 Å². The maximum absolute atomic E-state index is 14.9. The summed E-state index contributed by atoms with van der Waals surface area (Å²) in [6, 6.07) is 4.92. The Morgan fingerprint density at radius 2 is 1.73 bits per heavy atom. The average Bonchev–Trinajstić information content (AvgIpc) is 3.64. The van der Waals surface area contributed by atoms with Crippen LogP contribution in [0.25, 0.3) is 0 Å². The predicted octanol–water partition coefficient (Wildman–Crippen LogP) is 4.13. The van der Waals surface area contributed by atoms with Crippen LogP contribution in [0.2, 0.25) is 0 Å². The molecule has 0 aromatic heterocycles. The second-order valence-electron chi connectivity index (χ2n) is 11.5. The van der Waals surface area contributed by atoms with E-state index in [1.807, 2.05) is 0 Å². The zero-order chi connectivity index (χ0) is 29.4. The smallest absolute Gasteiger partial charge is 0.357 e. The Balaban J connectivity index is 1.47. The van der Waals surface area contributed by atoms with E-state index in [-0.39, 0.29) is 25.0 Å². The molecule has 0 amide bonds. The van der Waals surface area contributed by atoms with Gasteiger partial charge in [-0.1, -0.05) is 49.6 Å². The van der Waals surface area contributed by atoms with E-state index >= 15 is 0 Å². The number of benzene rings is 1. The molecule has 0 radical (unpaired) electrons. The van der Waals surface area contributed by atoms with Crippen LogP contribution in [-0.4, -0.2) is 59.6 Å². The van der Waals surface area contributed by atoms with E-state index in [0.29, 0.717) is 24.8 Å². The number of hydrogen-bond donors (Lipinski definition) is 4. The van der Waals surface area contributed by atoms with Crippen LogP contribution in [0.15, 0.2) is 30.3 Å². The first-order valence-electron chi connectivity index (χ1n) is 14.0. The number of hydrogen-bond acceptors (Lipinski definition) is 8. The van der Waals surface area contributed by atoms with Crippen LogP contribution in [-0.2, 0) is 16.1 Å². The van der Waals surface area contributed by atoms with Gasteiger partial charge < -0.3 is 9.47 Å². The SMILES string of the molecule is O=[N+]([O-])C1CC(C(F)(F)F)C2NC(C3CC3)CCCCC[C@](OCc3ccccc3)(C(F)(F)F)C3NNC(O3)C1N2. The molecule has 230 valence electrons. The quantitative estimate of drug-likeness (QED) is 0.229. The molecule has 9 nitrogen and oxygen atoms in total. The average molecular weight is 596 g/mol. The summed E-state index contributed by atoms with van der Waals surface area (Å²) >= 11 is 0. The number of piperidine rings is 1. The van der Waals surface area contributed by atoms with Gasteiger partial charge in [0.25, 0.3) is 0 Å². The van der Waals surface area contributed by atoms with Crippen molar-refractivity contribution in [2.24, 2.45) is 11.8 Å². The minimum Gasteiger partial charge on any atom is -0.357 e. The van der Waals surface area contributed by atoms with Crippen LogP contribution in [0.3, 0.4) is 0 Å². The highest BCUT2D eigenvalue weighted by molar-refractivity contribution is 5.14. The number of nitrogens with one attached hydrogen (secondary N) is 4. The predicted molar refractivity (Wildman–Crippen MR) is 133 cm³/mol. The van der Waals surface area contributed by atoms with E-state index in [4.69, 9.17) is 9.47 Å². The molecule has 1 aliphatic carbocycles. The maximum atomic E-state index is 14.9. The monoisotopic (exact) mass is 595 g/mol. The highest BCUT2D eigenvalue weighted by Crippen LogP contribution is 2.45. The first kappa shape index (κ1) is 30.4. The molecule has 4 N–H and O–H groups in total. The van der Waals surface area contributed by atoms with Crippen molar-refractivity contribution in [2.75, 3.05) is 0 Å². The van der Waals surface area contributed by atoms with E-state index in [0.717, 1.165) is 12.8 Å². The maximum Gasteiger partial charge on any atom is 0.421 e. The molecule has 41 heavy (non-hydrogen) atoms. The number of nitrogens with zero attached hydrogens (tertiary/aromatic N) is 1. The summed E-state index contributed by atoms with van der Waals surface area (Å²) in [5.41, 5.74) is 2.73. The van der Waals surface area contributed by atoms with Crippen LogP contribution in [0.1, 0.15) is 56.9 Å². The number of hydrazine groups is 1. The summed E-state index contributed by atoms with van der Waals surface area (Å²) in [6.07, 6.45) is -12.3. The second-order valence-corrected chi connectivity index (χ2v) is 11.5. The van der Waals surface area contributed by atoms with Gasteiger partial charge in [0.15, 0.2) is 6.23 Å². The Hall–Kier alpha value is -2.04. The van der Waals surface area contributed by atoms with Crippen LogP contribution in [0.4, 0.5) is 26.3 Å². The van der Waals surface area contributed by atoms with Crippen molar-refractivity contribution < 1.29 is 40.7 Å². The molecular formula is C26H35F6N5O4. The Morgan fingerprint density at radius 1 is 1.00 bits per heavy atom. The number of halogens is 6. The molecule has 3 aliphatic heterocycles. The molecule has 1 saturated carbocycles.